The molecule has 1 heterocycles. The fraction of sp³-hybridized carbons (Fsp3) is 0.900. The lowest BCUT2D eigenvalue weighted by molar-refractivity contribution is -0.147. The van der Waals surface area contributed by atoms with Crippen LogP contribution in [0, 0.1) is 5.92 Å². The maximum atomic E-state index is 11.3. The van der Waals surface area contributed by atoms with Crippen LogP contribution in [0.25, 0.3) is 0 Å². The zero-order valence-corrected chi connectivity index (χ0v) is 8.75. The molecule has 1 fully saturated rings. The third kappa shape index (κ3) is 2.44. The van der Waals surface area contributed by atoms with E-state index >= 15 is 0 Å². The summed E-state index contributed by atoms with van der Waals surface area (Å²) in [5.41, 5.74) is 0. The van der Waals surface area contributed by atoms with Gasteiger partial charge in [-0.1, -0.05) is 6.92 Å². The summed E-state index contributed by atoms with van der Waals surface area (Å²) in [6.07, 6.45) is 3.02. The van der Waals surface area contributed by atoms with E-state index in [1.165, 1.54) is 7.11 Å². The molecule has 0 aromatic heterocycles. The van der Waals surface area contributed by atoms with Gasteiger partial charge in [0.05, 0.1) is 13.0 Å². The summed E-state index contributed by atoms with van der Waals surface area (Å²) in [6, 6.07) is 0.554. The standard InChI is InChI=1S/C10H19NO2/c1-4-9-7-8(10(12)13-3)5-6-11(9)2/h8-9H,4-7H2,1-3H3. The van der Waals surface area contributed by atoms with E-state index in [9.17, 15) is 4.79 Å². The molecule has 0 N–H and O–H groups in total. The second-order valence-corrected chi connectivity index (χ2v) is 3.79. The Balaban J connectivity index is 2.49. The van der Waals surface area contributed by atoms with Gasteiger partial charge in [0.1, 0.15) is 0 Å². The topological polar surface area (TPSA) is 29.5 Å². The molecule has 0 aromatic carbocycles. The van der Waals surface area contributed by atoms with Gasteiger partial charge in [0.25, 0.3) is 0 Å². The summed E-state index contributed by atoms with van der Waals surface area (Å²) in [5.74, 6) is 0.0951. The maximum absolute atomic E-state index is 11.3. The van der Waals surface area contributed by atoms with Gasteiger partial charge in [-0.2, -0.15) is 0 Å². The van der Waals surface area contributed by atoms with Gasteiger partial charge in [-0.15, -0.1) is 0 Å². The van der Waals surface area contributed by atoms with E-state index in [1.54, 1.807) is 0 Å². The van der Waals surface area contributed by atoms with Crippen molar-refractivity contribution in [2.45, 2.75) is 32.2 Å². The number of piperidine rings is 1. The van der Waals surface area contributed by atoms with Crippen LogP contribution < -0.4 is 0 Å². The molecule has 3 nitrogen and oxygen atoms in total. The van der Waals surface area contributed by atoms with Gasteiger partial charge >= 0.3 is 5.97 Å². The minimum absolute atomic E-state index is 0.0356. The second kappa shape index (κ2) is 4.61. The van der Waals surface area contributed by atoms with Crippen molar-refractivity contribution in [3.8, 4) is 0 Å². The monoisotopic (exact) mass is 185 g/mol. The van der Waals surface area contributed by atoms with E-state index < -0.39 is 0 Å². The van der Waals surface area contributed by atoms with Gasteiger partial charge in [0.2, 0.25) is 0 Å². The third-order valence-electron chi connectivity index (χ3n) is 3.02. The Hall–Kier alpha value is -0.570. The predicted octanol–water partition coefficient (Wildman–Crippen LogP) is 1.28. The lowest BCUT2D eigenvalue weighted by atomic mass is 9.90. The Labute approximate surface area is 80.1 Å². The van der Waals surface area contributed by atoms with Crippen LogP contribution in [0.15, 0.2) is 0 Å². The minimum atomic E-state index is -0.0356. The Morgan fingerprint density at radius 2 is 2.31 bits per heavy atom. The molecule has 0 aromatic rings. The van der Waals surface area contributed by atoms with Gasteiger partial charge in [0.15, 0.2) is 0 Å². The summed E-state index contributed by atoms with van der Waals surface area (Å²) in [6.45, 7) is 3.18. The van der Waals surface area contributed by atoms with E-state index in [0.29, 0.717) is 6.04 Å². The highest BCUT2D eigenvalue weighted by Gasteiger charge is 2.29. The van der Waals surface area contributed by atoms with Crippen LogP contribution >= 0.6 is 0 Å². The number of carbonyl (C=O) groups excluding carboxylic acids is 1. The number of nitrogens with zero attached hydrogens (tertiary/aromatic N) is 1. The molecule has 1 saturated heterocycles. The van der Waals surface area contributed by atoms with Crippen LogP contribution in [0.5, 0.6) is 0 Å². The Morgan fingerprint density at radius 3 is 2.85 bits per heavy atom. The largest absolute Gasteiger partial charge is 0.469 e. The molecule has 3 heteroatoms. The number of likely N-dealkylation sites (tertiary alicyclic amines) is 1. The van der Waals surface area contributed by atoms with Crippen molar-refractivity contribution in [2.24, 2.45) is 5.92 Å². The molecule has 0 aliphatic carbocycles. The number of hydrogen-bond acceptors (Lipinski definition) is 3. The van der Waals surface area contributed by atoms with Gasteiger partial charge in [-0.25, -0.2) is 0 Å². The molecule has 2 unspecified atom stereocenters. The summed E-state index contributed by atoms with van der Waals surface area (Å²) in [5, 5.41) is 0. The normalized spacial score (nSPS) is 30.1. The molecular formula is C10H19NO2. The molecule has 0 saturated carbocycles. The number of hydrogen-bond donors (Lipinski definition) is 0. The van der Waals surface area contributed by atoms with Crippen molar-refractivity contribution in [3.05, 3.63) is 0 Å². The molecule has 0 spiro atoms. The maximum Gasteiger partial charge on any atom is 0.308 e. The van der Waals surface area contributed by atoms with Crippen molar-refractivity contribution >= 4 is 5.97 Å². The van der Waals surface area contributed by atoms with E-state index in [-0.39, 0.29) is 11.9 Å². The summed E-state index contributed by atoms with van der Waals surface area (Å²) in [7, 11) is 3.60. The molecule has 76 valence electrons. The first kappa shape index (κ1) is 10.5. The molecule has 0 radical (unpaired) electrons. The van der Waals surface area contributed by atoms with E-state index in [1.807, 2.05) is 0 Å². The van der Waals surface area contributed by atoms with Crippen molar-refractivity contribution < 1.29 is 9.53 Å². The zero-order chi connectivity index (χ0) is 9.84. The average Bonchev–Trinajstić information content (AvgIpc) is 2.17. The zero-order valence-electron chi connectivity index (χ0n) is 8.75. The highest BCUT2D eigenvalue weighted by Crippen LogP contribution is 2.24. The fourth-order valence-corrected chi connectivity index (χ4v) is 2.03. The first-order valence-corrected chi connectivity index (χ1v) is 4.97. The molecule has 13 heavy (non-hydrogen) atoms. The van der Waals surface area contributed by atoms with Gasteiger partial charge in [0, 0.05) is 6.04 Å². The van der Waals surface area contributed by atoms with E-state index in [0.717, 1.165) is 25.8 Å². The molecular weight excluding hydrogens is 166 g/mol. The van der Waals surface area contributed by atoms with Gasteiger partial charge < -0.3 is 9.64 Å². The highest BCUT2D eigenvalue weighted by atomic mass is 16.5. The van der Waals surface area contributed by atoms with Crippen LogP contribution in [-0.2, 0) is 9.53 Å². The molecule has 0 bridgehead atoms. The SMILES string of the molecule is CCC1CC(C(=O)OC)CCN1C. The molecule has 0 amide bonds. The number of ether oxygens (including phenoxy) is 1. The Bertz CT molecular complexity index is 182. The van der Waals surface area contributed by atoms with Gasteiger partial charge in [-0.3, -0.25) is 4.79 Å². The number of carbonyl (C=O) groups is 1. The van der Waals surface area contributed by atoms with Gasteiger partial charge in [-0.05, 0) is 32.9 Å². The lowest BCUT2D eigenvalue weighted by Crippen LogP contribution is -2.41. The number of esters is 1. The van der Waals surface area contributed by atoms with E-state index in [2.05, 4.69) is 18.9 Å². The second-order valence-electron chi connectivity index (χ2n) is 3.79. The summed E-state index contributed by atoms with van der Waals surface area (Å²) >= 11 is 0. The smallest absolute Gasteiger partial charge is 0.308 e. The molecule has 1 rings (SSSR count). The first-order valence-electron chi connectivity index (χ1n) is 4.97. The predicted molar refractivity (Wildman–Crippen MR) is 51.4 cm³/mol. The van der Waals surface area contributed by atoms with E-state index in [4.69, 9.17) is 4.74 Å². The van der Waals surface area contributed by atoms with Crippen molar-refractivity contribution in [1.82, 2.24) is 4.90 Å². The van der Waals surface area contributed by atoms with Crippen LogP contribution in [-0.4, -0.2) is 37.6 Å². The summed E-state index contributed by atoms with van der Waals surface area (Å²) in [4.78, 5) is 13.6. The molecule has 1 aliphatic rings. The third-order valence-corrected chi connectivity index (χ3v) is 3.02. The van der Waals surface area contributed by atoms with Crippen LogP contribution in [0.1, 0.15) is 26.2 Å². The molecule has 2 atom stereocenters. The number of rotatable bonds is 2. The number of methoxy groups -OCH3 is 1. The fourth-order valence-electron chi connectivity index (χ4n) is 2.03. The van der Waals surface area contributed by atoms with Crippen LogP contribution in [0.3, 0.4) is 0 Å². The van der Waals surface area contributed by atoms with Crippen LogP contribution in [0.4, 0.5) is 0 Å². The Kier molecular flexibility index (Phi) is 3.72. The van der Waals surface area contributed by atoms with Crippen molar-refractivity contribution in [1.29, 1.82) is 0 Å². The highest BCUT2D eigenvalue weighted by molar-refractivity contribution is 5.72. The summed E-state index contributed by atoms with van der Waals surface area (Å²) < 4.78 is 4.76. The quantitative estimate of drug-likeness (QED) is 0.607. The van der Waals surface area contributed by atoms with Crippen molar-refractivity contribution in [3.63, 3.8) is 0 Å². The molecule has 1 aliphatic heterocycles. The Morgan fingerprint density at radius 1 is 1.62 bits per heavy atom. The minimum Gasteiger partial charge on any atom is -0.469 e. The van der Waals surface area contributed by atoms with Crippen LogP contribution in [0.2, 0.25) is 0 Å². The first-order chi connectivity index (χ1) is 6.19. The average molecular weight is 185 g/mol. The van der Waals surface area contributed by atoms with Crippen molar-refractivity contribution in [2.75, 3.05) is 20.7 Å². The lowest BCUT2D eigenvalue weighted by Gasteiger charge is -2.35.